The van der Waals surface area contributed by atoms with Crippen LogP contribution in [0, 0.1) is 11.8 Å². The van der Waals surface area contributed by atoms with Crippen LogP contribution in [-0.4, -0.2) is 32.9 Å². The molecule has 2 amide bonds. The van der Waals surface area contributed by atoms with E-state index in [9.17, 15) is 14.4 Å². The first-order chi connectivity index (χ1) is 7.68. The molecule has 1 unspecified atom stereocenters. The number of hydrogen-bond donors (Lipinski definition) is 3. The Morgan fingerprint density at radius 2 is 1.71 bits per heavy atom. The Hall–Kier alpha value is -0.860. The minimum absolute atomic E-state index is 0.106. The van der Waals surface area contributed by atoms with Gasteiger partial charge in [0.15, 0.2) is 0 Å². The van der Waals surface area contributed by atoms with Crippen molar-refractivity contribution in [3.63, 3.8) is 0 Å². The number of aliphatic carboxylic acids is 1. The van der Waals surface area contributed by atoms with Crippen molar-refractivity contribution in [3.05, 3.63) is 0 Å². The van der Waals surface area contributed by atoms with Gasteiger partial charge < -0.3 is 16.2 Å². The van der Waals surface area contributed by atoms with Crippen LogP contribution in [-0.2, 0) is 14.4 Å². The molecule has 0 aromatic heterocycles. The van der Waals surface area contributed by atoms with Crippen LogP contribution >= 0.6 is 22.6 Å². The predicted octanol–water partition coefficient (Wildman–Crippen LogP) is 0.137. The van der Waals surface area contributed by atoms with E-state index in [2.05, 4.69) is 5.32 Å². The largest absolute Gasteiger partial charge is 0.480 e. The number of rotatable bonds is 6. The molecule has 0 saturated heterocycles. The van der Waals surface area contributed by atoms with Crippen LogP contribution in [0.1, 0.15) is 20.8 Å². The number of carbonyl (C=O) groups is 3. The minimum Gasteiger partial charge on any atom is -0.480 e. The molecule has 0 heterocycles. The molecule has 0 aliphatic rings. The van der Waals surface area contributed by atoms with Gasteiger partial charge in [-0.1, -0.05) is 36.4 Å². The maximum absolute atomic E-state index is 11.9. The van der Waals surface area contributed by atoms with Crippen molar-refractivity contribution >= 4 is 40.4 Å². The molecule has 0 rings (SSSR count). The summed E-state index contributed by atoms with van der Waals surface area (Å²) < 4.78 is -0.659. The predicted molar refractivity (Wildman–Crippen MR) is 70.6 cm³/mol. The summed E-state index contributed by atoms with van der Waals surface area (Å²) in [7, 11) is 0. The number of hydrogen-bond acceptors (Lipinski definition) is 3. The zero-order valence-corrected chi connectivity index (χ0v) is 12.1. The van der Waals surface area contributed by atoms with Gasteiger partial charge in [0.1, 0.15) is 9.97 Å². The normalized spacial score (nSPS) is 16.1. The molecule has 0 aliphatic carbocycles. The molecule has 0 bridgehead atoms. The van der Waals surface area contributed by atoms with Crippen molar-refractivity contribution in [2.45, 2.75) is 30.7 Å². The van der Waals surface area contributed by atoms with Crippen LogP contribution in [0.25, 0.3) is 0 Å². The number of nitrogens with one attached hydrogen (secondary N) is 1. The van der Waals surface area contributed by atoms with Crippen molar-refractivity contribution in [2.75, 3.05) is 0 Å². The third kappa shape index (κ3) is 4.88. The molecule has 0 saturated carbocycles. The Morgan fingerprint density at radius 3 is 2.00 bits per heavy atom. The molecule has 0 radical (unpaired) electrons. The fourth-order valence-corrected chi connectivity index (χ4v) is 2.48. The van der Waals surface area contributed by atoms with Crippen LogP contribution in [0.5, 0.6) is 0 Å². The molecule has 0 aromatic rings. The Labute approximate surface area is 113 Å². The summed E-state index contributed by atoms with van der Waals surface area (Å²) in [5.74, 6) is -2.90. The summed E-state index contributed by atoms with van der Waals surface area (Å²) in [6.07, 6.45) is 0. The van der Waals surface area contributed by atoms with Gasteiger partial charge in [-0.05, 0) is 12.8 Å². The van der Waals surface area contributed by atoms with Gasteiger partial charge in [0.2, 0.25) is 11.8 Å². The summed E-state index contributed by atoms with van der Waals surface area (Å²) in [6.45, 7) is 4.93. The highest BCUT2D eigenvalue weighted by molar-refractivity contribution is 14.1. The van der Waals surface area contributed by atoms with E-state index in [-0.39, 0.29) is 5.92 Å². The smallest absolute Gasteiger partial charge is 0.325 e. The lowest BCUT2D eigenvalue weighted by molar-refractivity contribution is -0.142. The molecule has 3 atom stereocenters. The topological polar surface area (TPSA) is 109 Å². The number of halogens is 1. The van der Waals surface area contributed by atoms with E-state index >= 15 is 0 Å². The summed E-state index contributed by atoms with van der Waals surface area (Å²) in [5, 5.41) is 11.0. The van der Waals surface area contributed by atoms with E-state index < -0.39 is 33.7 Å². The van der Waals surface area contributed by atoms with Crippen molar-refractivity contribution in [1.29, 1.82) is 0 Å². The van der Waals surface area contributed by atoms with Crippen molar-refractivity contribution in [2.24, 2.45) is 17.6 Å². The summed E-state index contributed by atoms with van der Waals surface area (Å²) in [5.41, 5.74) is 5.16. The van der Waals surface area contributed by atoms with Crippen LogP contribution < -0.4 is 11.1 Å². The number of carboxylic acid groups (broad SMARTS) is 1. The zero-order valence-electron chi connectivity index (χ0n) is 9.94. The Bertz CT molecular complexity index is 319. The van der Waals surface area contributed by atoms with E-state index in [4.69, 9.17) is 10.8 Å². The maximum atomic E-state index is 11.9. The Kier molecular flexibility index (Phi) is 6.43. The number of alkyl halides is 1. The molecule has 98 valence electrons. The summed E-state index contributed by atoms with van der Waals surface area (Å²) in [6, 6.07) is -0.986. The molecule has 17 heavy (non-hydrogen) atoms. The number of nitrogens with two attached hydrogens (primary N) is 1. The van der Waals surface area contributed by atoms with E-state index in [1.54, 1.807) is 36.4 Å². The average Bonchev–Trinajstić information content (AvgIpc) is 2.16. The minimum atomic E-state index is -1.12. The fraction of sp³-hybridized carbons (Fsp3) is 0.700. The number of carbonyl (C=O) groups excluding carboxylic acids is 2. The summed E-state index contributed by atoms with van der Waals surface area (Å²) in [4.78, 5) is 33.6. The first kappa shape index (κ1) is 16.1. The van der Waals surface area contributed by atoms with Crippen molar-refractivity contribution < 1.29 is 19.5 Å². The van der Waals surface area contributed by atoms with E-state index in [1.807, 2.05) is 0 Å². The fourth-order valence-electron chi connectivity index (χ4n) is 1.32. The van der Waals surface area contributed by atoms with Gasteiger partial charge >= 0.3 is 5.97 Å². The second-order valence-electron chi connectivity index (χ2n) is 4.14. The van der Waals surface area contributed by atoms with E-state index in [1.165, 1.54) is 6.92 Å². The van der Waals surface area contributed by atoms with Gasteiger partial charge in [-0.2, -0.15) is 0 Å². The lowest BCUT2D eigenvalue weighted by atomic mass is 9.91. The first-order valence-electron chi connectivity index (χ1n) is 5.15. The molecule has 0 fully saturated rings. The maximum Gasteiger partial charge on any atom is 0.325 e. The molecule has 6 nitrogen and oxygen atoms in total. The molecule has 0 spiro atoms. The lowest BCUT2D eigenvalue weighted by Gasteiger charge is -2.24. The van der Waals surface area contributed by atoms with E-state index in [0.29, 0.717) is 0 Å². The second-order valence-corrected chi connectivity index (χ2v) is 5.48. The highest BCUT2D eigenvalue weighted by atomic mass is 127. The Balaban J connectivity index is 4.79. The van der Waals surface area contributed by atoms with Gasteiger partial charge in [-0.3, -0.25) is 14.4 Å². The zero-order chi connectivity index (χ0) is 13.7. The number of amides is 2. The SMILES string of the molecule is CC(C)[C@@H](C(=O)N[C@@H](C)C(=O)O)C(I)C(N)=O. The third-order valence-corrected chi connectivity index (χ3v) is 3.73. The lowest BCUT2D eigenvalue weighted by Crippen LogP contribution is -2.48. The quantitative estimate of drug-likeness (QED) is 0.464. The molecule has 4 N–H and O–H groups in total. The highest BCUT2D eigenvalue weighted by Gasteiger charge is 2.34. The highest BCUT2D eigenvalue weighted by Crippen LogP contribution is 2.22. The van der Waals surface area contributed by atoms with Gasteiger partial charge in [-0.25, -0.2) is 0 Å². The summed E-state index contributed by atoms with van der Waals surface area (Å²) >= 11 is 1.81. The van der Waals surface area contributed by atoms with Gasteiger partial charge in [-0.15, -0.1) is 0 Å². The monoisotopic (exact) mass is 356 g/mol. The van der Waals surface area contributed by atoms with Crippen molar-refractivity contribution in [1.82, 2.24) is 5.32 Å². The van der Waals surface area contributed by atoms with Crippen LogP contribution in [0.3, 0.4) is 0 Å². The standard InChI is InChI=1S/C10H17IN2O4/c1-4(2)6(7(11)8(12)14)9(15)13-5(3)10(16)17/h4-7H,1-3H3,(H2,12,14)(H,13,15)(H,16,17)/t5-,6+,7?/m0/s1. The molecule has 7 heteroatoms. The molecular weight excluding hydrogens is 339 g/mol. The van der Waals surface area contributed by atoms with Gasteiger partial charge in [0, 0.05) is 0 Å². The first-order valence-corrected chi connectivity index (χ1v) is 6.39. The molecule has 0 aliphatic heterocycles. The molecular formula is C10H17IN2O4. The van der Waals surface area contributed by atoms with E-state index in [0.717, 1.165) is 0 Å². The molecule has 0 aromatic carbocycles. The number of primary amides is 1. The van der Waals surface area contributed by atoms with Crippen LogP contribution in [0.2, 0.25) is 0 Å². The van der Waals surface area contributed by atoms with Gasteiger partial charge in [0.25, 0.3) is 0 Å². The Morgan fingerprint density at radius 1 is 1.24 bits per heavy atom. The van der Waals surface area contributed by atoms with Crippen LogP contribution in [0.15, 0.2) is 0 Å². The van der Waals surface area contributed by atoms with Crippen molar-refractivity contribution in [3.8, 4) is 0 Å². The van der Waals surface area contributed by atoms with Crippen LogP contribution in [0.4, 0.5) is 0 Å². The average molecular weight is 356 g/mol. The second kappa shape index (κ2) is 6.77. The third-order valence-electron chi connectivity index (χ3n) is 2.34. The number of carboxylic acids is 1. The van der Waals surface area contributed by atoms with Gasteiger partial charge in [0.05, 0.1) is 5.92 Å².